The molecule has 4 amide bonds. The highest BCUT2D eigenvalue weighted by Gasteiger charge is 2.25. The molecule has 1 aromatic carbocycles. The van der Waals surface area contributed by atoms with Crippen LogP contribution in [0.4, 0.5) is 16.2 Å². The van der Waals surface area contributed by atoms with Gasteiger partial charge in [0.05, 0.1) is 17.5 Å². The second-order valence-corrected chi connectivity index (χ2v) is 6.69. The first-order valence-electron chi connectivity index (χ1n) is 9.17. The molecule has 0 fully saturated rings. The van der Waals surface area contributed by atoms with Crippen LogP contribution in [0.15, 0.2) is 43.0 Å². The number of nitrogens with two attached hydrogens (primary N) is 1. The number of nitrogens with one attached hydrogen (secondary N) is 5. The Bertz CT molecular complexity index is 1150. The van der Waals surface area contributed by atoms with Gasteiger partial charge in [-0.05, 0) is 30.3 Å². The van der Waals surface area contributed by atoms with E-state index in [0.29, 0.717) is 46.7 Å². The summed E-state index contributed by atoms with van der Waals surface area (Å²) in [7, 11) is 0. The van der Waals surface area contributed by atoms with E-state index in [0.717, 1.165) is 5.69 Å². The average molecular weight is 405 g/mol. The molecule has 0 spiro atoms. The lowest BCUT2D eigenvalue weighted by molar-refractivity contribution is -0.110. The standard InChI is InChI=1S/C20H19N7O3/c21-20(30)26-12-1-2-17-15(6-12)16(19(29)27-17)7-14-5-11(8-24-14)18(28)23-4-3-13-9-22-10-25-13/h1-2,5-10,24H,3-4H2,(H,22,25)(H,23,28)(H,27,29)(H3,21,26,30)/b16-7-. The number of aromatic nitrogens is 3. The smallest absolute Gasteiger partial charge is 0.316 e. The summed E-state index contributed by atoms with van der Waals surface area (Å²) >= 11 is 0. The van der Waals surface area contributed by atoms with E-state index in [2.05, 4.69) is 30.9 Å². The van der Waals surface area contributed by atoms with Gasteiger partial charge in [-0.15, -0.1) is 0 Å². The number of anilines is 2. The van der Waals surface area contributed by atoms with E-state index in [1.165, 1.54) is 0 Å². The van der Waals surface area contributed by atoms with Gasteiger partial charge in [0.1, 0.15) is 0 Å². The molecule has 2 aromatic heterocycles. The minimum atomic E-state index is -0.690. The SMILES string of the molecule is NC(=O)Nc1ccc2c(c1)/C(=C/c1cc(C(=O)NCCc3cnc[nH]3)c[nH]1)C(=O)N2. The van der Waals surface area contributed by atoms with Gasteiger partial charge in [-0.2, -0.15) is 0 Å². The summed E-state index contributed by atoms with van der Waals surface area (Å²) in [5, 5.41) is 8.09. The first kappa shape index (κ1) is 19.0. The molecule has 0 saturated heterocycles. The van der Waals surface area contributed by atoms with E-state index in [4.69, 9.17) is 5.73 Å². The molecular formula is C20H19N7O3. The molecule has 0 saturated carbocycles. The van der Waals surface area contributed by atoms with Crippen molar-refractivity contribution in [1.82, 2.24) is 20.3 Å². The summed E-state index contributed by atoms with van der Waals surface area (Å²) in [6.45, 7) is 0.466. The van der Waals surface area contributed by atoms with Gasteiger partial charge in [0.15, 0.2) is 0 Å². The molecule has 0 radical (unpaired) electrons. The highest BCUT2D eigenvalue weighted by atomic mass is 16.2. The third-order valence-corrected chi connectivity index (χ3v) is 4.57. The van der Waals surface area contributed by atoms with Crippen LogP contribution in [0.3, 0.4) is 0 Å². The summed E-state index contributed by atoms with van der Waals surface area (Å²) < 4.78 is 0. The Morgan fingerprint density at radius 2 is 2.07 bits per heavy atom. The molecule has 3 aromatic rings. The minimum absolute atomic E-state index is 0.223. The molecular weight excluding hydrogens is 386 g/mol. The van der Waals surface area contributed by atoms with Crippen LogP contribution >= 0.6 is 0 Å². The van der Waals surface area contributed by atoms with Gasteiger partial charge in [0.25, 0.3) is 11.8 Å². The summed E-state index contributed by atoms with van der Waals surface area (Å²) in [4.78, 5) is 45.7. The number of hydrogen-bond donors (Lipinski definition) is 6. The molecule has 7 N–H and O–H groups in total. The van der Waals surface area contributed by atoms with Crippen LogP contribution in [0.5, 0.6) is 0 Å². The summed E-state index contributed by atoms with van der Waals surface area (Å²) in [5.74, 6) is -0.499. The van der Waals surface area contributed by atoms with E-state index in [1.807, 2.05) is 0 Å². The van der Waals surface area contributed by atoms with Crippen molar-refractivity contribution < 1.29 is 14.4 Å². The number of hydrogen-bond acceptors (Lipinski definition) is 4. The van der Waals surface area contributed by atoms with Crippen molar-refractivity contribution in [1.29, 1.82) is 0 Å². The molecule has 0 aliphatic carbocycles. The zero-order valence-electron chi connectivity index (χ0n) is 15.8. The Morgan fingerprint density at radius 1 is 1.20 bits per heavy atom. The number of amides is 4. The molecule has 1 aliphatic rings. The second-order valence-electron chi connectivity index (χ2n) is 6.69. The zero-order valence-corrected chi connectivity index (χ0v) is 15.8. The average Bonchev–Trinajstić information content (AvgIpc) is 3.43. The van der Waals surface area contributed by atoms with Gasteiger partial charge in [-0.1, -0.05) is 0 Å². The lowest BCUT2D eigenvalue weighted by Gasteiger charge is -2.04. The minimum Gasteiger partial charge on any atom is -0.361 e. The highest BCUT2D eigenvalue weighted by molar-refractivity contribution is 6.35. The predicted molar refractivity (Wildman–Crippen MR) is 112 cm³/mol. The van der Waals surface area contributed by atoms with Crippen molar-refractivity contribution in [3.63, 3.8) is 0 Å². The topological polar surface area (TPSA) is 158 Å². The first-order chi connectivity index (χ1) is 14.5. The van der Waals surface area contributed by atoms with Crippen LogP contribution in [0, 0.1) is 0 Å². The second kappa shape index (κ2) is 7.95. The summed E-state index contributed by atoms with van der Waals surface area (Å²) in [5.41, 5.74) is 9.29. The van der Waals surface area contributed by atoms with Gasteiger partial charge >= 0.3 is 6.03 Å². The lowest BCUT2D eigenvalue weighted by atomic mass is 10.1. The molecule has 10 nitrogen and oxygen atoms in total. The van der Waals surface area contributed by atoms with Gasteiger partial charge in [-0.25, -0.2) is 9.78 Å². The number of H-pyrrole nitrogens is 2. The number of primary amides is 1. The van der Waals surface area contributed by atoms with Crippen molar-refractivity contribution in [3.05, 3.63) is 65.5 Å². The molecule has 1 aliphatic heterocycles. The van der Waals surface area contributed by atoms with Crippen LogP contribution in [-0.4, -0.2) is 39.3 Å². The third kappa shape index (κ3) is 4.07. The normalized spacial score (nSPS) is 13.7. The summed E-state index contributed by atoms with van der Waals surface area (Å²) in [6, 6.07) is 5.97. The van der Waals surface area contributed by atoms with E-state index in [1.54, 1.807) is 49.1 Å². The van der Waals surface area contributed by atoms with E-state index in [9.17, 15) is 14.4 Å². The number of nitrogens with zero attached hydrogens (tertiary/aromatic N) is 1. The molecule has 0 atom stereocenters. The van der Waals surface area contributed by atoms with Crippen LogP contribution < -0.4 is 21.7 Å². The van der Waals surface area contributed by atoms with Crippen LogP contribution in [0.25, 0.3) is 11.6 Å². The Morgan fingerprint density at radius 3 is 2.83 bits per heavy atom. The van der Waals surface area contributed by atoms with Gasteiger partial charge in [-0.3, -0.25) is 9.59 Å². The molecule has 0 bridgehead atoms. The summed E-state index contributed by atoms with van der Waals surface area (Å²) in [6.07, 6.45) is 7.17. The first-order valence-corrected chi connectivity index (χ1v) is 9.17. The van der Waals surface area contributed by atoms with Crippen molar-refractivity contribution in [3.8, 4) is 0 Å². The van der Waals surface area contributed by atoms with Crippen LogP contribution in [-0.2, 0) is 11.2 Å². The maximum atomic E-state index is 12.4. The quantitative estimate of drug-likeness (QED) is 0.345. The Hall–Kier alpha value is -4.34. The van der Waals surface area contributed by atoms with Crippen molar-refractivity contribution >= 4 is 40.9 Å². The Balaban J connectivity index is 1.48. The van der Waals surface area contributed by atoms with Crippen molar-refractivity contribution in [2.75, 3.05) is 17.2 Å². The third-order valence-electron chi connectivity index (χ3n) is 4.57. The van der Waals surface area contributed by atoms with E-state index >= 15 is 0 Å². The largest absolute Gasteiger partial charge is 0.361 e. The molecule has 10 heteroatoms. The lowest BCUT2D eigenvalue weighted by Crippen LogP contribution is -2.25. The molecule has 152 valence electrons. The Labute approximate surface area is 171 Å². The number of rotatable bonds is 6. The molecule has 30 heavy (non-hydrogen) atoms. The monoisotopic (exact) mass is 405 g/mol. The molecule has 4 rings (SSSR count). The van der Waals surface area contributed by atoms with E-state index < -0.39 is 6.03 Å². The zero-order chi connectivity index (χ0) is 21.1. The fourth-order valence-corrected chi connectivity index (χ4v) is 3.17. The number of carbonyl (C=O) groups is 3. The number of urea groups is 1. The van der Waals surface area contributed by atoms with Crippen LogP contribution in [0.2, 0.25) is 0 Å². The van der Waals surface area contributed by atoms with Crippen molar-refractivity contribution in [2.24, 2.45) is 5.73 Å². The molecule has 3 heterocycles. The highest BCUT2D eigenvalue weighted by Crippen LogP contribution is 2.35. The predicted octanol–water partition coefficient (Wildman–Crippen LogP) is 1.69. The Kier molecular flexibility index (Phi) is 5.04. The number of aromatic amines is 2. The molecule has 0 unspecified atom stereocenters. The fraction of sp³-hybridized carbons (Fsp3) is 0.100. The number of fused-ring (bicyclic) bond motifs is 1. The van der Waals surface area contributed by atoms with Crippen molar-refractivity contribution in [2.45, 2.75) is 6.42 Å². The maximum Gasteiger partial charge on any atom is 0.316 e. The number of carbonyl (C=O) groups excluding carboxylic acids is 3. The van der Waals surface area contributed by atoms with Gasteiger partial charge in [0.2, 0.25) is 0 Å². The van der Waals surface area contributed by atoms with Gasteiger partial charge in [0, 0.05) is 53.7 Å². The van der Waals surface area contributed by atoms with Gasteiger partial charge < -0.3 is 31.7 Å². The maximum absolute atomic E-state index is 12.4. The van der Waals surface area contributed by atoms with Crippen LogP contribution in [0.1, 0.15) is 27.3 Å². The van der Waals surface area contributed by atoms with E-state index in [-0.39, 0.29) is 11.8 Å². The number of imidazole rings is 1. The number of benzene rings is 1. The fourth-order valence-electron chi connectivity index (χ4n) is 3.17.